The van der Waals surface area contributed by atoms with E-state index < -0.39 is 5.82 Å². The lowest BCUT2D eigenvalue weighted by Crippen LogP contribution is -2.58. The summed E-state index contributed by atoms with van der Waals surface area (Å²) in [5, 5.41) is 4.43. The van der Waals surface area contributed by atoms with Crippen LogP contribution in [0, 0.1) is 5.82 Å². The van der Waals surface area contributed by atoms with Crippen LogP contribution in [0.4, 0.5) is 14.3 Å². The lowest BCUT2D eigenvalue weighted by atomic mass is 9.99. The van der Waals surface area contributed by atoms with E-state index in [4.69, 9.17) is 33.7 Å². The molecule has 2 aliphatic rings. The number of nitrogens with two attached hydrogens (primary N) is 1. The highest BCUT2D eigenvalue weighted by Gasteiger charge is 2.37. The topological polar surface area (TPSA) is 119 Å². The first-order valence-electron chi connectivity index (χ1n) is 11.3. The number of carbonyl (C=O) groups is 2. The fourth-order valence-corrected chi connectivity index (χ4v) is 6.27. The molecule has 190 valence electrons. The molecule has 2 aromatic carbocycles. The number of benzene rings is 2. The summed E-state index contributed by atoms with van der Waals surface area (Å²) in [6.07, 6.45) is 3.11. The molecule has 0 aliphatic carbocycles. The van der Waals surface area contributed by atoms with Gasteiger partial charge in [0.15, 0.2) is 10.9 Å². The molecule has 0 bridgehead atoms. The Morgan fingerprint density at radius 1 is 1.24 bits per heavy atom. The van der Waals surface area contributed by atoms with E-state index >= 15 is 0 Å². The number of fused-ring (bicyclic) bond motifs is 3. The largest absolute Gasteiger partial charge is 0.491 e. The fourth-order valence-electron chi connectivity index (χ4n) is 4.79. The van der Waals surface area contributed by atoms with Gasteiger partial charge in [-0.25, -0.2) is 19.2 Å². The van der Waals surface area contributed by atoms with Gasteiger partial charge in [-0.3, -0.25) is 4.79 Å². The van der Waals surface area contributed by atoms with E-state index in [1.807, 2.05) is 0 Å². The van der Waals surface area contributed by atoms with E-state index in [-0.39, 0.29) is 55.8 Å². The van der Waals surface area contributed by atoms with E-state index in [1.54, 1.807) is 9.80 Å². The number of nitrogens with zero attached hydrogens (tertiary/aromatic N) is 6. The fraction of sp³-hybridized carbons (Fsp3) is 0.261. The van der Waals surface area contributed by atoms with Gasteiger partial charge in [-0.2, -0.15) is 9.78 Å². The molecule has 1 atom stereocenters. The van der Waals surface area contributed by atoms with Crippen LogP contribution >= 0.6 is 34.5 Å². The quantitative estimate of drug-likeness (QED) is 0.370. The number of thiazole rings is 1. The van der Waals surface area contributed by atoms with Crippen molar-refractivity contribution in [1.29, 1.82) is 0 Å². The maximum Gasteiger partial charge on any atom is 0.346 e. The number of rotatable bonds is 1. The van der Waals surface area contributed by atoms with Crippen LogP contribution < -0.4 is 10.5 Å². The Balaban J connectivity index is 1.36. The average Bonchev–Trinajstić information content (AvgIpc) is 3.55. The molecule has 2 amide bonds. The van der Waals surface area contributed by atoms with Gasteiger partial charge in [0.05, 0.1) is 38.5 Å². The molecule has 37 heavy (non-hydrogen) atoms. The third kappa shape index (κ3) is 3.95. The van der Waals surface area contributed by atoms with Crippen molar-refractivity contribution in [1.82, 2.24) is 29.5 Å². The zero-order chi connectivity index (χ0) is 25.8. The van der Waals surface area contributed by atoms with Crippen molar-refractivity contribution in [2.75, 3.05) is 32.0 Å². The van der Waals surface area contributed by atoms with E-state index in [9.17, 15) is 14.0 Å². The second-order valence-electron chi connectivity index (χ2n) is 8.61. The number of hydrogen-bond donors (Lipinski definition) is 1. The first kappa shape index (κ1) is 23.9. The van der Waals surface area contributed by atoms with Crippen LogP contribution in [0.15, 0.2) is 30.9 Å². The third-order valence-electron chi connectivity index (χ3n) is 6.51. The standard InChI is InChI=1S/C23H18Cl2FN7O3S/c24-14-7-13-19(17(25)16(14)12-1-2-15(26)20-18(12)30-22(27)37-20)36-6-3-11-8-31(4-5-32(11)21(13)34)23(35)33-10-28-9-29-33/h1-2,7,9-11H,3-6,8H2,(H2,27,30)/t11-/m0/s1. The SMILES string of the molecule is Nc1nc2c(-c3c(Cl)cc4c(c3Cl)OCC[C@H]3CN(C(=O)n5cncn5)CCN3C4=O)ccc(F)c2s1. The van der Waals surface area contributed by atoms with Crippen LogP contribution in [0.5, 0.6) is 5.75 Å². The zero-order valence-corrected chi connectivity index (χ0v) is 21.4. The number of piperazine rings is 1. The number of carbonyl (C=O) groups excluding carboxylic acids is 2. The Labute approximate surface area is 223 Å². The van der Waals surface area contributed by atoms with Crippen LogP contribution in [0.2, 0.25) is 10.0 Å². The molecule has 0 spiro atoms. The van der Waals surface area contributed by atoms with Gasteiger partial charge in [0, 0.05) is 37.2 Å². The zero-order valence-electron chi connectivity index (χ0n) is 19.0. The Hall–Kier alpha value is -3.48. The minimum atomic E-state index is -0.453. The van der Waals surface area contributed by atoms with Crippen LogP contribution in [0.1, 0.15) is 16.8 Å². The molecule has 2 N–H and O–H groups in total. The second-order valence-corrected chi connectivity index (χ2v) is 10.4. The molecule has 0 unspecified atom stereocenters. The Bertz CT molecular complexity index is 1560. The van der Waals surface area contributed by atoms with Crippen LogP contribution in [0.25, 0.3) is 21.3 Å². The molecule has 6 rings (SSSR count). The van der Waals surface area contributed by atoms with Crippen molar-refractivity contribution in [3.8, 4) is 16.9 Å². The summed E-state index contributed by atoms with van der Waals surface area (Å²) in [6.45, 7) is 1.21. The number of ether oxygens (including phenoxy) is 1. The first-order valence-corrected chi connectivity index (χ1v) is 12.8. The predicted molar refractivity (Wildman–Crippen MR) is 137 cm³/mol. The smallest absolute Gasteiger partial charge is 0.346 e. The van der Waals surface area contributed by atoms with Gasteiger partial charge in [-0.15, -0.1) is 0 Å². The molecule has 1 saturated heterocycles. The van der Waals surface area contributed by atoms with Crippen molar-refractivity contribution >= 4 is 61.8 Å². The van der Waals surface area contributed by atoms with Gasteiger partial charge in [-0.1, -0.05) is 34.5 Å². The van der Waals surface area contributed by atoms with Crippen molar-refractivity contribution < 1.29 is 18.7 Å². The lowest BCUT2D eigenvalue weighted by Gasteiger charge is -2.42. The minimum absolute atomic E-state index is 0.133. The lowest BCUT2D eigenvalue weighted by molar-refractivity contribution is 0.0432. The Morgan fingerprint density at radius 2 is 2.08 bits per heavy atom. The molecular formula is C23H18Cl2FN7O3S. The van der Waals surface area contributed by atoms with Crippen molar-refractivity contribution in [3.63, 3.8) is 0 Å². The van der Waals surface area contributed by atoms with E-state index in [1.165, 1.54) is 30.9 Å². The number of aromatic nitrogens is 4. The number of halogens is 3. The molecule has 2 aliphatic heterocycles. The summed E-state index contributed by atoms with van der Waals surface area (Å²) in [5.74, 6) is -0.554. The normalized spacial score (nSPS) is 17.7. The summed E-state index contributed by atoms with van der Waals surface area (Å²) < 4.78 is 21.8. The number of anilines is 1. The monoisotopic (exact) mass is 561 g/mol. The van der Waals surface area contributed by atoms with E-state index in [2.05, 4.69) is 15.1 Å². The maximum absolute atomic E-state index is 14.4. The molecular weight excluding hydrogens is 544 g/mol. The Kier molecular flexibility index (Phi) is 5.89. The molecule has 0 saturated carbocycles. The third-order valence-corrected chi connectivity index (χ3v) is 8.06. The summed E-state index contributed by atoms with van der Waals surface area (Å²) in [6, 6.07) is 3.77. The van der Waals surface area contributed by atoms with Crippen molar-refractivity contribution in [2.24, 2.45) is 0 Å². The van der Waals surface area contributed by atoms with Gasteiger partial charge in [-0.05, 0) is 18.2 Å². The van der Waals surface area contributed by atoms with Gasteiger partial charge >= 0.3 is 6.03 Å². The molecule has 10 nitrogen and oxygen atoms in total. The second kappa shape index (κ2) is 9.12. The van der Waals surface area contributed by atoms with Gasteiger partial charge in [0.25, 0.3) is 5.91 Å². The number of hydrogen-bond acceptors (Lipinski definition) is 8. The van der Waals surface area contributed by atoms with E-state index in [0.29, 0.717) is 42.7 Å². The average molecular weight is 562 g/mol. The molecule has 2 aromatic heterocycles. The summed E-state index contributed by atoms with van der Waals surface area (Å²) in [5.41, 5.74) is 7.25. The molecule has 4 heterocycles. The van der Waals surface area contributed by atoms with E-state index in [0.717, 1.165) is 16.0 Å². The number of nitrogen functional groups attached to an aromatic ring is 1. The molecule has 4 aromatic rings. The molecule has 0 radical (unpaired) electrons. The van der Waals surface area contributed by atoms with Crippen molar-refractivity contribution in [3.05, 3.63) is 52.3 Å². The van der Waals surface area contributed by atoms with Gasteiger partial charge in [0.2, 0.25) is 0 Å². The highest BCUT2D eigenvalue weighted by molar-refractivity contribution is 7.22. The van der Waals surface area contributed by atoms with Crippen molar-refractivity contribution in [2.45, 2.75) is 12.5 Å². The van der Waals surface area contributed by atoms with Crippen LogP contribution in [0.3, 0.4) is 0 Å². The first-order chi connectivity index (χ1) is 17.8. The molecule has 14 heteroatoms. The summed E-state index contributed by atoms with van der Waals surface area (Å²) in [7, 11) is 0. The maximum atomic E-state index is 14.4. The summed E-state index contributed by atoms with van der Waals surface area (Å²) in [4.78, 5) is 37.8. The van der Waals surface area contributed by atoms with Crippen LogP contribution in [-0.4, -0.2) is 73.8 Å². The van der Waals surface area contributed by atoms with Gasteiger partial charge < -0.3 is 20.3 Å². The Morgan fingerprint density at radius 3 is 2.86 bits per heavy atom. The van der Waals surface area contributed by atoms with Gasteiger partial charge in [0.1, 0.15) is 18.5 Å². The molecule has 1 fully saturated rings. The highest BCUT2D eigenvalue weighted by Crippen LogP contribution is 2.47. The summed E-state index contributed by atoms with van der Waals surface area (Å²) >= 11 is 14.5. The highest BCUT2D eigenvalue weighted by atomic mass is 35.5. The number of amides is 2. The predicted octanol–water partition coefficient (Wildman–Crippen LogP) is 4.16. The minimum Gasteiger partial charge on any atom is -0.491 e. The van der Waals surface area contributed by atoms with Crippen LogP contribution in [-0.2, 0) is 0 Å².